The number of nitrogens with zero attached hydrogens (tertiary/aromatic N) is 1. The zero-order chi connectivity index (χ0) is 12.7. The number of ether oxygens (including phenoxy) is 1. The molecule has 2 aromatic rings. The second-order valence-electron chi connectivity index (χ2n) is 4.58. The Kier molecular flexibility index (Phi) is 2.67. The van der Waals surface area contributed by atoms with Crippen molar-refractivity contribution in [3.63, 3.8) is 0 Å². The van der Waals surface area contributed by atoms with Gasteiger partial charge in [-0.1, -0.05) is 30.4 Å². The highest BCUT2D eigenvalue weighted by atomic mass is 32.1. The molecule has 0 spiro atoms. The molecule has 0 amide bonds. The summed E-state index contributed by atoms with van der Waals surface area (Å²) in [5, 5.41) is 0. The summed E-state index contributed by atoms with van der Waals surface area (Å²) in [7, 11) is 0. The van der Waals surface area contributed by atoms with Crippen LogP contribution in [0.3, 0.4) is 0 Å². The van der Waals surface area contributed by atoms with Gasteiger partial charge in [0.15, 0.2) is 0 Å². The standard InChI is InChI=1S/C14H14N2OS/c1-8-9(2)15-13(16-14(8)18)11-7-17-12-6-4-3-5-10(11)12/h3-6,11H,7H2,1-2H3,(H,15,16,18). The summed E-state index contributed by atoms with van der Waals surface area (Å²) in [4.78, 5) is 7.84. The first kappa shape index (κ1) is 11.4. The van der Waals surface area contributed by atoms with Crippen molar-refractivity contribution in [2.24, 2.45) is 0 Å². The molecule has 0 aliphatic carbocycles. The molecule has 1 unspecified atom stereocenters. The van der Waals surface area contributed by atoms with Gasteiger partial charge >= 0.3 is 0 Å². The highest BCUT2D eigenvalue weighted by Crippen LogP contribution is 2.36. The Morgan fingerprint density at radius 3 is 2.89 bits per heavy atom. The van der Waals surface area contributed by atoms with E-state index in [-0.39, 0.29) is 5.92 Å². The highest BCUT2D eigenvalue weighted by Gasteiger charge is 2.27. The average molecular weight is 258 g/mol. The minimum absolute atomic E-state index is 0.155. The van der Waals surface area contributed by atoms with Crippen LogP contribution in [0.1, 0.15) is 28.6 Å². The normalized spacial score (nSPS) is 17.3. The van der Waals surface area contributed by atoms with E-state index in [1.54, 1.807) is 0 Å². The van der Waals surface area contributed by atoms with Gasteiger partial charge in [0, 0.05) is 16.8 Å². The maximum absolute atomic E-state index is 5.68. The van der Waals surface area contributed by atoms with Crippen LogP contribution in [0.15, 0.2) is 24.3 Å². The molecule has 1 aliphatic heterocycles. The van der Waals surface area contributed by atoms with E-state index in [1.165, 1.54) is 5.56 Å². The molecule has 1 aromatic carbocycles. The molecule has 0 fully saturated rings. The van der Waals surface area contributed by atoms with E-state index in [1.807, 2.05) is 32.0 Å². The van der Waals surface area contributed by atoms with E-state index < -0.39 is 0 Å². The molecule has 0 saturated heterocycles. The molecule has 3 rings (SSSR count). The maximum Gasteiger partial charge on any atom is 0.132 e. The largest absolute Gasteiger partial charge is 0.492 e. The first-order valence-electron chi connectivity index (χ1n) is 5.96. The Hall–Kier alpha value is -1.68. The number of aryl methyl sites for hydroxylation is 1. The van der Waals surface area contributed by atoms with Gasteiger partial charge in [-0.05, 0) is 19.9 Å². The second kappa shape index (κ2) is 4.21. The first-order chi connectivity index (χ1) is 8.66. The van der Waals surface area contributed by atoms with E-state index >= 15 is 0 Å². The third-order valence-electron chi connectivity index (χ3n) is 3.45. The predicted molar refractivity (Wildman–Crippen MR) is 72.7 cm³/mol. The monoisotopic (exact) mass is 258 g/mol. The van der Waals surface area contributed by atoms with E-state index in [4.69, 9.17) is 17.0 Å². The minimum Gasteiger partial charge on any atom is -0.492 e. The molecule has 1 N–H and O–H groups in total. The van der Waals surface area contributed by atoms with E-state index in [0.29, 0.717) is 11.2 Å². The Bertz CT molecular complexity index is 663. The molecule has 18 heavy (non-hydrogen) atoms. The van der Waals surface area contributed by atoms with Crippen molar-refractivity contribution < 1.29 is 4.74 Å². The topological polar surface area (TPSA) is 37.9 Å². The predicted octanol–water partition coefficient (Wildman–Crippen LogP) is 3.28. The van der Waals surface area contributed by atoms with Crippen LogP contribution in [0.4, 0.5) is 0 Å². The van der Waals surface area contributed by atoms with Gasteiger partial charge in [-0.3, -0.25) is 0 Å². The fourth-order valence-electron chi connectivity index (χ4n) is 2.22. The van der Waals surface area contributed by atoms with Crippen LogP contribution in [0, 0.1) is 18.5 Å². The minimum atomic E-state index is 0.155. The van der Waals surface area contributed by atoms with Crippen molar-refractivity contribution in [2.45, 2.75) is 19.8 Å². The van der Waals surface area contributed by atoms with Crippen LogP contribution < -0.4 is 4.74 Å². The van der Waals surface area contributed by atoms with Gasteiger partial charge in [0.25, 0.3) is 0 Å². The first-order valence-corrected chi connectivity index (χ1v) is 6.37. The number of aromatic nitrogens is 2. The highest BCUT2D eigenvalue weighted by molar-refractivity contribution is 7.71. The number of benzene rings is 1. The number of hydrogen-bond acceptors (Lipinski definition) is 3. The maximum atomic E-state index is 5.68. The molecule has 1 aromatic heterocycles. The third-order valence-corrected chi connectivity index (χ3v) is 3.85. The van der Waals surface area contributed by atoms with Crippen molar-refractivity contribution in [2.75, 3.05) is 6.61 Å². The lowest BCUT2D eigenvalue weighted by Crippen LogP contribution is -2.09. The molecular weight excluding hydrogens is 244 g/mol. The molecule has 92 valence electrons. The molecular formula is C14H14N2OS. The fourth-order valence-corrected chi connectivity index (χ4v) is 2.47. The molecule has 0 bridgehead atoms. The number of rotatable bonds is 1. The zero-order valence-corrected chi connectivity index (χ0v) is 11.2. The summed E-state index contributed by atoms with van der Waals surface area (Å²) >= 11 is 5.29. The van der Waals surface area contributed by atoms with Gasteiger partial charge in [-0.2, -0.15) is 0 Å². The molecule has 4 heteroatoms. The Morgan fingerprint density at radius 1 is 1.33 bits per heavy atom. The smallest absolute Gasteiger partial charge is 0.132 e. The fraction of sp³-hybridized carbons (Fsp3) is 0.286. The number of hydrogen-bond donors (Lipinski definition) is 1. The Balaban J connectivity index is 2.11. The van der Waals surface area contributed by atoms with Crippen LogP contribution in [-0.2, 0) is 0 Å². The molecule has 1 aliphatic rings. The second-order valence-corrected chi connectivity index (χ2v) is 4.97. The number of H-pyrrole nitrogens is 1. The van der Waals surface area contributed by atoms with Crippen molar-refractivity contribution >= 4 is 12.2 Å². The van der Waals surface area contributed by atoms with Gasteiger partial charge in [0.2, 0.25) is 0 Å². The zero-order valence-electron chi connectivity index (χ0n) is 10.4. The third kappa shape index (κ3) is 1.73. The van der Waals surface area contributed by atoms with Crippen molar-refractivity contribution in [3.05, 3.63) is 51.6 Å². The lowest BCUT2D eigenvalue weighted by Gasteiger charge is -2.11. The van der Waals surface area contributed by atoms with Gasteiger partial charge in [-0.15, -0.1) is 0 Å². The average Bonchev–Trinajstić information content (AvgIpc) is 2.79. The summed E-state index contributed by atoms with van der Waals surface area (Å²) in [6.07, 6.45) is 0. The number of nitrogens with one attached hydrogen (secondary N) is 1. The van der Waals surface area contributed by atoms with Crippen molar-refractivity contribution in [3.8, 4) is 5.75 Å². The summed E-state index contributed by atoms with van der Waals surface area (Å²) in [6, 6.07) is 8.08. The molecule has 0 radical (unpaired) electrons. The quantitative estimate of drug-likeness (QED) is 0.798. The molecule has 1 atom stereocenters. The van der Waals surface area contributed by atoms with Gasteiger partial charge in [0.1, 0.15) is 22.8 Å². The number of para-hydroxylation sites is 1. The molecule has 2 heterocycles. The summed E-state index contributed by atoms with van der Waals surface area (Å²) in [6.45, 7) is 4.64. The van der Waals surface area contributed by atoms with Crippen LogP contribution in [0.2, 0.25) is 0 Å². The van der Waals surface area contributed by atoms with Crippen LogP contribution >= 0.6 is 12.2 Å². The number of aromatic amines is 1. The van der Waals surface area contributed by atoms with Gasteiger partial charge < -0.3 is 9.72 Å². The van der Waals surface area contributed by atoms with Gasteiger partial charge in [-0.25, -0.2) is 4.98 Å². The van der Waals surface area contributed by atoms with E-state index in [0.717, 1.165) is 22.8 Å². The van der Waals surface area contributed by atoms with E-state index in [9.17, 15) is 0 Å². The van der Waals surface area contributed by atoms with Gasteiger partial charge in [0.05, 0.1) is 5.92 Å². The summed E-state index contributed by atoms with van der Waals surface area (Å²) < 4.78 is 6.35. The van der Waals surface area contributed by atoms with Crippen molar-refractivity contribution in [1.29, 1.82) is 0 Å². The van der Waals surface area contributed by atoms with Crippen LogP contribution in [0.25, 0.3) is 0 Å². The Labute approximate surface area is 111 Å². The van der Waals surface area contributed by atoms with Crippen LogP contribution in [0.5, 0.6) is 5.75 Å². The van der Waals surface area contributed by atoms with Crippen LogP contribution in [-0.4, -0.2) is 16.6 Å². The molecule has 3 nitrogen and oxygen atoms in total. The SMILES string of the molecule is Cc1[nH]c(C2COc3ccccc32)nc(=S)c1C. The number of fused-ring (bicyclic) bond motifs is 1. The van der Waals surface area contributed by atoms with E-state index in [2.05, 4.69) is 16.0 Å². The lowest BCUT2D eigenvalue weighted by atomic mass is 10.0. The lowest BCUT2D eigenvalue weighted by molar-refractivity contribution is 0.339. The summed E-state index contributed by atoms with van der Waals surface area (Å²) in [5.74, 6) is 2.00. The summed E-state index contributed by atoms with van der Waals surface area (Å²) in [5.41, 5.74) is 3.30. The van der Waals surface area contributed by atoms with Crippen molar-refractivity contribution in [1.82, 2.24) is 9.97 Å². The molecule has 0 saturated carbocycles. The Morgan fingerprint density at radius 2 is 2.11 bits per heavy atom.